The Morgan fingerprint density at radius 3 is 2.55 bits per heavy atom. The molecule has 1 heterocycles. The summed E-state index contributed by atoms with van der Waals surface area (Å²) in [5, 5.41) is 3.11. The van der Waals surface area contributed by atoms with Crippen LogP contribution in [0.15, 0.2) is 48.5 Å². The van der Waals surface area contributed by atoms with E-state index in [9.17, 15) is 4.79 Å². The zero-order chi connectivity index (χ0) is 20.5. The van der Waals surface area contributed by atoms with Crippen molar-refractivity contribution in [1.29, 1.82) is 0 Å². The maximum Gasteiger partial charge on any atom is 0.224 e. The molecule has 0 aromatic heterocycles. The summed E-state index contributed by atoms with van der Waals surface area (Å²) in [5.41, 5.74) is 2.05. The van der Waals surface area contributed by atoms with Gasteiger partial charge in [0.05, 0.1) is 39.4 Å². The predicted octanol–water partition coefficient (Wildman–Crippen LogP) is 2.83. The van der Waals surface area contributed by atoms with Crippen LogP contribution in [0.2, 0.25) is 0 Å². The van der Waals surface area contributed by atoms with Crippen molar-refractivity contribution in [3.05, 3.63) is 59.7 Å². The molecule has 1 aliphatic rings. The smallest absolute Gasteiger partial charge is 0.224 e. The number of hydrogen-bond acceptors (Lipinski definition) is 5. The molecule has 3 rings (SSSR count). The predicted molar refractivity (Wildman–Crippen MR) is 112 cm³/mol. The van der Waals surface area contributed by atoms with Gasteiger partial charge in [-0.15, -0.1) is 0 Å². The number of methoxy groups -OCH3 is 1. The largest absolute Gasteiger partial charge is 0.496 e. The van der Waals surface area contributed by atoms with Crippen molar-refractivity contribution in [3.8, 4) is 11.5 Å². The summed E-state index contributed by atoms with van der Waals surface area (Å²) in [6, 6.07) is 15.7. The number of hydrogen-bond donors (Lipinski definition) is 1. The van der Waals surface area contributed by atoms with Gasteiger partial charge in [-0.2, -0.15) is 0 Å². The Labute approximate surface area is 172 Å². The van der Waals surface area contributed by atoms with E-state index < -0.39 is 0 Å². The third-order valence-corrected chi connectivity index (χ3v) is 5.08. The topological polar surface area (TPSA) is 60.0 Å². The molecular weight excluding hydrogens is 368 g/mol. The van der Waals surface area contributed by atoms with Crippen LogP contribution in [0.25, 0.3) is 0 Å². The molecule has 1 N–H and O–H groups in total. The SMILES string of the molecule is CCOc1ccc(CC(=O)NCC(c2ccccc2OC)N2CCOCC2)cc1. The third kappa shape index (κ3) is 5.95. The fraction of sp³-hybridized carbons (Fsp3) is 0.435. The maximum atomic E-state index is 12.6. The first kappa shape index (κ1) is 21.1. The molecule has 0 saturated carbocycles. The number of ether oxygens (including phenoxy) is 3. The number of rotatable bonds is 9. The van der Waals surface area contributed by atoms with Gasteiger partial charge in [0.25, 0.3) is 0 Å². The quantitative estimate of drug-likeness (QED) is 0.704. The molecule has 29 heavy (non-hydrogen) atoms. The van der Waals surface area contributed by atoms with Crippen molar-refractivity contribution in [1.82, 2.24) is 10.2 Å². The number of nitrogens with zero attached hydrogens (tertiary/aromatic N) is 1. The fourth-order valence-electron chi connectivity index (χ4n) is 3.60. The lowest BCUT2D eigenvalue weighted by Gasteiger charge is -2.35. The van der Waals surface area contributed by atoms with Crippen molar-refractivity contribution in [2.24, 2.45) is 0 Å². The molecule has 1 unspecified atom stereocenters. The van der Waals surface area contributed by atoms with Crippen LogP contribution < -0.4 is 14.8 Å². The summed E-state index contributed by atoms with van der Waals surface area (Å²) in [7, 11) is 1.68. The van der Waals surface area contributed by atoms with Crippen LogP contribution in [0.4, 0.5) is 0 Å². The van der Waals surface area contributed by atoms with Crippen LogP contribution >= 0.6 is 0 Å². The Bertz CT molecular complexity index is 773. The summed E-state index contributed by atoms with van der Waals surface area (Å²) in [6.07, 6.45) is 0.341. The van der Waals surface area contributed by atoms with Crippen LogP contribution in [0, 0.1) is 0 Å². The van der Waals surface area contributed by atoms with Crippen LogP contribution in [-0.2, 0) is 16.0 Å². The first-order valence-corrected chi connectivity index (χ1v) is 10.1. The number of nitrogens with one attached hydrogen (secondary N) is 1. The molecule has 0 spiro atoms. The Hall–Kier alpha value is -2.57. The number of carbonyl (C=O) groups excluding carboxylic acids is 1. The zero-order valence-electron chi connectivity index (χ0n) is 17.2. The molecule has 1 atom stereocenters. The lowest BCUT2D eigenvalue weighted by atomic mass is 10.0. The number of benzene rings is 2. The van der Waals surface area contributed by atoms with E-state index in [1.54, 1.807) is 7.11 Å². The van der Waals surface area contributed by atoms with E-state index in [2.05, 4.69) is 16.3 Å². The highest BCUT2D eigenvalue weighted by Gasteiger charge is 2.25. The molecule has 6 heteroatoms. The minimum Gasteiger partial charge on any atom is -0.496 e. The standard InChI is InChI=1S/C23H30N2O4/c1-3-29-19-10-8-18(9-11-19)16-23(26)24-17-21(25-12-14-28-15-13-25)20-6-4-5-7-22(20)27-2/h4-11,21H,3,12-17H2,1-2H3,(H,24,26). The number of carbonyl (C=O) groups is 1. The van der Waals surface area contributed by atoms with Gasteiger partial charge in [-0.05, 0) is 30.7 Å². The highest BCUT2D eigenvalue weighted by molar-refractivity contribution is 5.78. The summed E-state index contributed by atoms with van der Waals surface area (Å²) in [4.78, 5) is 14.9. The molecule has 1 saturated heterocycles. The second kappa shape index (κ2) is 10.8. The maximum absolute atomic E-state index is 12.6. The van der Waals surface area contributed by atoms with Crippen molar-refractivity contribution >= 4 is 5.91 Å². The van der Waals surface area contributed by atoms with Gasteiger partial charge in [-0.1, -0.05) is 30.3 Å². The molecule has 2 aromatic carbocycles. The Balaban J connectivity index is 1.65. The van der Waals surface area contributed by atoms with Crippen LogP contribution in [0.1, 0.15) is 24.1 Å². The van der Waals surface area contributed by atoms with Gasteiger partial charge in [0.15, 0.2) is 0 Å². The normalized spacial score (nSPS) is 15.5. The lowest BCUT2D eigenvalue weighted by molar-refractivity contribution is -0.120. The van der Waals surface area contributed by atoms with Gasteiger partial charge in [0.1, 0.15) is 11.5 Å². The van der Waals surface area contributed by atoms with Crippen LogP contribution in [-0.4, -0.2) is 57.4 Å². The Morgan fingerprint density at radius 2 is 1.86 bits per heavy atom. The van der Waals surface area contributed by atoms with Gasteiger partial charge in [0, 0.05) is 25.2 Å². The van der Waals surface area contributed by atoms with E-state index in [1.165, 1.54) is 0 Å². The first-order chi connectivity index (χ1) is 14.2. The van der Waals surface area contributed by atoms with Crippen molar-refractivity contribution in [2.75, 3.05) is 46.6 Å². The Kier molecular flexibility index (Phi) is 7.90. The minimum absolute atomic E-state index is 0.00215. The average Bonchev–Trinajstić information content (AvgIpc) is 2.76. The molecule has 6 nitrogen and oxygen atoms in total. The lowest BCUT2D eigenvalue weighted by Crippen LogP contribution is -2.44. The highest BCUT2D eigenvalue weighted by Crippen LogP contribution is 2.29. The molecule has 156 valence electrons. The van der Waals surface area contributed by atoms with Crippen molar-refractivity contribution in [2.45, 2.75) is 19.4 Å². The number of amides is 1. The van der Waals surface area contributed by atoms with E-state index >= 15 is 0 Å². The van der Waals surface area contributed by atoms with Gasteiger partial charge >= 0.3 is 0 Å². The number of para-hydroxylation sites is 1. The van der Waals surface area contributed by atoms with Gasteiger partial charge in [0.2, 0.25) is 5.91 Å². The van der Waals surface area contributed by atoms with Crippen molar-refractivity contribution < 1.29 is 19.0 Å². The van der Waals surface area contributed by atoms with E-state index in [0.29, 0.717) is 32.8 Å². The van der Waals surface area contributed by atoms with Gasteiger partial charge in [-0.3, -0.25) is 9.69 Å². The fourth-order valence-corrected chi connectivity index (χ4v) is 3.60. The number of morpholine rings is 1. The first-order valence-electron chi connectivity index (χ1n) is 10.1. The highest BCUT2D eigenvalue weighted by atomic mass is 16.5. The van der Waals surface area contributed by atoms with Gasteiger partial charge in [-0.25, -0.2) is 0 Å². The molecule has 0 bridgehead atoms. The molecular formula is C23H30N2O4. The molecule has 1 aliphatic heterocycles. The van der Waals surface area contributed by atoms with E-state index in [-0.39, 0.29) is 11.9 Å². The van der Waals surface area contributed by atoms with E-state index in [4.69, 9.17) is 14.2 Å². The summed E-state index contributed by atoms with van der Waals surface area (Å²) < 4.78 is 16.5. The monoisotopic (exact) mass is 398 g/mol. The molecule has 0 radical (unpaired) electrons. The molecule has 2 aromatic rings. The summed E-state index contributed by atoms with van der Waals surface area (Å²) >= 11 is 0. The molecule has 1 amide bonds. The van der Waals surface area contributed by atoms with Gasteiger partial charge < -0.3 is 19.5 Å². The van der Waals surface area contributed by atoms with E-state index in [1.807, 2.05) is 49.4 Å². The Morgan fingerprint density at radius 1 is 1.14 bits per heavy atom. The third-order valence-electron chi connectivity index (χ3n) is 5.08. The summed E-state index contributed by atoms with van der Waals surface area (Å²) in [6.45, 7) is 6.17. The van der Waals surface area contributed by atoms with Crippen molar-refractivity contribution in [3.63, 3.8) is 0 Å². The van der Waals surface area contributed by atoms with E-state index in [0.717, 1.165) is 35.7 Å². The zero-order valence-corrected chi connectivity index (χ0v) is 17.2. The summed E-state index contributed by atoms with van der Waals surface area (Å²) in [5.74, 6) is 1.66. The van der Waals surface area contributed by atoms with Crippen LogP contribution in [0.5, 0.6) is 11.5 Å². The second-order valence-corrected chi connectivity index (χ2v) is 6.96. The molecule has 1 fully saturated rings. The molecule has 0 aliphatic carbocycles. The minimum atomic E-state index is 0.00215. The average molecular weight is 399 g/mol. The van der Waals surface area contributed by atoms with Crippen LogP contribution in [0.3, 0.4) is 0 Å². The second-order valence-electron chi connectivity index (χ2n) is 6.96.